The monoisotopic (exact) mass is 313 g/mol. The number of aryl methyl sites for hydroxylation is 3. The van der Waals surface area contributed by atoms with E-state index in [9.17, 15) is 4.79 Å². The lowest BCUT2D eigenvalue weighted by Gasteiger charge is -2.24. The lowest BCUT2D eigenvalue weighted by atomic mass is 10.1. The first-order valence-electron chi connectivity index (χ1n) is 8.04. The van der Waals surface area contributed by atoms with E-state index in [-0.39, 0.29) is 11.9 Å². The Bertz CT molecular complexity index is 737. The number of aromatic nitrogens is 4. The van der Waals surface area contributed by atoms with Gasteiger partial charge in [0.25, 0.3) is 0 Å². The van der Waals surface area contributed by atoms with Crippen molar-refractivity contribution in [3.63, 3.8) is 0 Å². The van der Waals surface area contributed by atoms with Crippen molar-refractivity contribution < 1.29 is 4.79 Å². The van der Waals surface area contributed by atoms with Gasteiger partial charge in [-0.2, -0.15) is 5.10 Å². The molecular formula is C17H23N5O. The Morgan fingerprint density at radius 1 is 1.30 bits per heavy atom. The van der Waals surface area contributed by atoms with E-state index in [1.165, 1.54) is 0 Å². The predicted octanol–water partition coefficient (Wildman–Crippen LogP) is 2.04. The molecule has 23 heavy (non-hydrogen) atoms. The van der Waals surface area contributed by atoms with E-state index in [4.69, 9.17) is 0 Å². The zero-order chi connectivity index (χ0) is 16.6. The van der Waals surface area contributed by atoms with Crippen molar-refractivity contribution in [2.45, 2.75) is 46.1 Å². The Kier molecular flexibility index (Phi) is 4.15. The van der Waals surface area contributed by atoms with E-state index in [1.54, 1.807) is 12.4 Å². The Labute approximate surface area is 136 Å². The van der Waals surface area contributed by atoms with E-state index in [0.717, 1.165) is 47.7 Å². The smallest absolute Gasteiger partial charge is 0.227 e. The third-order valence-corrected chi connectivity index (χ3v) is 4.68. The highest BCUT2D eigenvalue weighted by molar-refractivity contribution is 5.80. The molecule has 0 N–H and O–H groups in total. The van der Waals surface area contributed by atoms with E-state index in [2.05, 4.69) is 15.1 Å². The summed E-state index contributed by atoms with van der Waals surface area (Å²) >= 11 is 0. The molecule has 0 bridgehead atoms. The molecule has 3 heterocycles. The van der Waals surface area contributed by atoms with Crippen molar-refractivity contribution >= 4 is 5.91 Å². The number of carbonyl (C=O) groups is 1. The summed E-state index contributed by atoms with van der Waals surface area (Å²) in [6.07, 6.45) is 5.89. The van der Waals surface area contributed by atoms with Gasteiger partial charge in [0.2, 0.25) is 5.91 Å². The summed E-state index contributed by atoms with van der Waals surface area (Å²) in [6.45, 7) is 6.69. The van der Waals surface area contributed by atoms with Gasteiger partial charge in [-0.25, -0.2) is 0 Å². The molecule has 0 saturated carbocycles. The van der Waals surface area contributed by atoms with Crippen LogP contribution in [0.5, 0.6) is 0 Å². The first-order valence-corrected chi connectivity index (χ1v) is 8.04. The lowest BCUT2D eigenvalue weighted by Crippen LogP contribution is -2.32. The highest BCUT2D eigenvalue weighted by Gasteiger charge is 2.31. The zero-order valence-corrected chi connectivity index (χ0v) is 14.2. The molecule has 6 nitrogen and oxygen atoms in total. The fourth-order valence-electron chi connectivity index (χ4n) is 3.34. The molecule has 3 rings (SSSR count). The molecule has 2 aromatic rings. The average Bonchev–Trinajstić information content (AvgIpc) is 3.08. The number of likely N-dealkylation sites (tertiary alicyclic amines) is 1. The van der Waals surface area contributed by atoms with Crippen molar-refractivity contribution in [1.82, 2.24) is 24.6 Å². The Balaban J connectivity index is 1.81. The SMILES string of the molecule is Cc1cncc(C2CCCN2C(=O)Cc2c(C)nn(C)c2C)n1. The minimum atomic E-state index is 0.0483. The molecule has 1 atom stereocenters. The second-order valence-corrected chi connectivity index (χ2v) is 6.28. The van der Waals surface area contributed by atoms with E-state index in [1.807, 2.05) is 37.4 Å². The number of rotatable bonds is 3. The topological polar surface area (TPSA) is 63.9 Å². The maximum atomic E-state index is 12.8. The van der Waals surface area contributed by atoms with Gasteiger partial charge in [0.1, 0.15) is 0 Å². The summed E-state index contributed by atoms with van der Waals surface area (Å²) in [5, 5.41) is 4.40. The fraction of sp³-hybridized carbons (Fsp3) is 0.529. The molecule has 0 aromatic carbocycles. The van der Waals surface area contributed by atoms with Gasteiger partial charge in [-0.05, 0) is 33.6 Å². The Hall–Kier alpha value is -2.24. The van der Waals surface area contributed by atoms with Crippen LogP contribution >= 0.6 is 0 Å². The van der Waals surface area contributed by atoms with Crippen LogP contribution in [-0.2, 0) is 18.3 Å². The van der Waals surface area contributed by atoms with Crippen LogP contribution < -0.4 is 0 Å². The van der Waals surface area contributed by atoms with Gasteiger partial charge in [0.15, 0.2) is 0 Å². The largest absolute Gasteiger partial charge is 0.334 e. The minimum absolute atomic E-state index is 0.0483. The highest BCUT2D eigenvalue weighted by Crippen LogP contribution is 2.31. The van der Waals surface area contributed by atoms with Crippen LogP contribution in [0, 0.1) is 20.8 Å². The number of hydrogen-bond acceptors (Lipinski definition) is 4. The number of nitrogens with zero attached hydrogens (tertiary/aromatic N) is 5. The van der Waals surface area contributed by atoms with Gasteiger partial charge in [-0.1, -0.05) is 0 Å². The molecule has 1 aliphatic heterocycles. The molecule has 1 saturated heterocycles. The van der Waals surface area contributed by atoms with Gasteiger partial charge in [-0.15, -0.1) is 0 Å². The van der Waals surface area contributed by atoms with Crippen molar-refractivity contribution in [1.29, 1.82) is 0 Å². The van der Waals surface area contributed by atoms with Crippen LogP contribution in [-0.4, -0.2) is 37.1 Å². The summed E-state index contributed by atoms with van der Waals surface area (Å²) in [7, 11) is 1.91. The van der Waals surface area contributed by atoms with Gasteiger partial charge < -0.3 is 4.90 Å². The Morgan fingerprint density at radius 2 is 2.09 bits per heavy atom. The van der Waals surface area contributed by atoms with Crippen molar-refractivity contribution in [2.75, 3.05) is 6.54 Å². The number of amides is 1. The first kappa shape index (κ1) is 15.6. The minimum Gasteiger partial charge on any atom is -0.334 e. The number of carbonyl (C=O) groups excluding carboxylic acids is 1. The van der Waals surface area contributed by atoms with Crippen molar-refractivity contribution in [3.05, 3.63) is 40.7 Å². The standard InChI is InChI=1S/C17H23N5O/c1-11-9-18-10-15(19-11)16-6-5-7-22(16)17(23)8-14-12(2)20-21(4)13(14)3/h9-10,16H,5-8H2,1-4H3. The van der Waals surface area contributed by atoms with Crippen LogP contribution in [0.4, 0.5) is 0 Å². The molecule has 1 unspecified atom stereocenters. The first-order chi connectivity index (χ1) is 11.0. The molecule has 2 aromatic heterocycles. The summed E-state index contributed by atoms with van der Waals surface area (Å²) in [6, 6.07) is 0.0483. The van der Waals surface area contributed by atoms with Gasteiger partial charge in [0.05, 0.1) is 35.7 Å². The molecule has 1 amide bonds. The predicted molar refractivity (Wildman–Crippen MR) is 86.8 cm³/mol. The second kappa shape index (κ2) is 6.10. The maximum Gasteiger partial charge on any atom is 0.227 e. The van der Waals surface area contributed by atoms with E-state index < -0.39 is 0 Å². The van der Waals surface area contributed by atoms with Gasteiger partial charge >= 0.3 is 0 Å². The van der Waals surface area contributed by atoms with Gasteiger partial charge in [-0.3, -0.25) is 19.4 Å². The summed E-state index contributed by atoms with van der Waals surface area (Å²) in [5.74, 6) is 0.148. The van der Waals surface area contributed by atoms with Gasteiger partial charge in [0, 0.05) is 31.0 Å². The zero-order valence-electron chi connectivity index (χ0n) is 14.2. The molecule has 122 valence electrons. The van der Waals surface area contributed by atoms with Crippen LogP contribution in [0.1, 0.15) is 47.2 Å². The van der Waals surface area contributed by atoms with Crippen molar-refractivity contribution in [3.8, 4) is 0 Å². The molecule has 6 heteroatoms. The van der Waals surface area contributed by atoms with E-state index >= 15 is 0 Å². The lowest BCUT2D eigenvalue weighted by molar-refractivity contribution is -0.131. The molecule has 1 fully saturated rings. The van der Waals surface area contributed by atoms with E-state index in [0.29, 0.717) is 6.42 Å². The Morgan fingerprint density at radius 3 is 2.74 bits per heavy atom. The summed E-state index contributed by atoms with van der Waals surface area (Å²) in [5.41, 5.74) is 4.82. The molecular weight excluding hydrogens is 290 g/mol. The summed E-state index contributed by atoms with van der Waals surface area (Å²) < 4.78 is 1.84. The molecule has 0 spiro atoms. The quantitative estimate of drug-likeness (QED) is 0.870. The van der Waals surface area contributed by atoms with Crippen LogP contribution in [0.25, 0.3) is 0 Å². The third-order valence-electron chi connectivity index (χ3n) is 4.68. The highest BCUT2D eigenvalue weighted by atomic mass is 16.2. The van der Waals surface area contributed by atoms with Crippen LogP contribution in [0.2, 0.25) is 0 Å². The normalized spacial score (nSPS) is 17.7. The molecule has 1 aliphatic rings. The molecule has 0 radical (unpaired) electrons. The third kappa shape index (κ3) is 2.98. The second-order valence-electron chi connectivity index (χ2n) is 6.28. The fourth-order valence-corrected chi connectivity index (χ4v) is 3.34. The average molecular weight is 313 g/mol. The van der Waals surface area contributed by atoms with Crippen LogP contribution in [0.15, 0.2) is 12.4 Å². The van der Waals surface area contributed by atoms with Crippen LogP contribution in [0.3, 0.4) is 0 Å². The number of hydrogen-bond donors (Lipinski definition) is 0. The molecule has 0 aliphatic carbocycles. The van der Waals surface area contributed by atoms with Crippen molar-refractivity contribution in [2.24, 2.45) is 7.05 Å². The maximum absolute atomic E-state index is 12.8. The summed E-state index contributed by atoms with van der Waals surface area (Å²) in [4.78, 5) is 23.6.